The molecule has 0 saturated heterocycles. The molecule has 0 unspecified atom stereocenters. The molecule has 0 amide bonds. The van der Waals surface area contributed by atoms with Crippen molar-refractivity contribution in [2.24, 2.45) is 0 Å². The maximum Gasteiger partial charge on any atom is 0.168 e. The van der Waals surface area contributed by atoms with Crippen molar-refractivity contribution in [1.29, 1.82) is 0 Å². The minimum Gasteiger partial charge on any atom is -0.384 e. The monoisotopic (exact) mass is 338 g/mol. The molecule has 0 atom stereocenters. The summed E-state index contributed by atoms with van der Waals surface area (Å²) in [4.78, 5) is 6.81. The second-order valence-electron chi connectivity index (χ2n) is 5.78. The van der Waals surface area contributed by atoms with Crippen molar-refractivity contribution in [2.75, 3.05) is 32.5 Å². The summed E-state index contributed by atoms with van der Waals surface area (Å²) < 4.78 is 0. The lowest BCUT2D eigenvalue weighted by Gasteiger charge is -2.20. The van der Waals surface area contributed by atoms with Crippen LogP contribution < -0.4 is 10.6 Å². The maximum absolute atomic E-state index is 5.23. The Labute approximate surface area is 147 Å². The van der Waals surface area contributed by atoms with Crippen molar-refractivity contribution in [3.8, 4) is 0 Å². The van der Waals surface area contributed by atoms with Crippen molar-refractivity contribution >= 4 is 44.8 Å². The van der Waals surface area contributed by atoms with E-state index in [1.165, 1.54) is 0 Å². The number of nitrogens with zero attached hydrogens (tertiary/aromatic N) is 2. The summed E-state index contributed by atoms with van der Waals surface area (Å²) >= 11 is 5.23. The lowest BCUT2D eigenvalue weighted by molar-refractivity contribution is 0.490. The van der Waals surface area contributed by atoms with Gasteiger partial charge in [-0.15, -0.1) is 0 Å². The largest absolute Gasteiger partial charge is 0.384 e. The highest BCUT2D eigenvalue weighted by Gasteiger charge is 2.08. The van der Waals surface area contributed by atoms with E-state index in [2.05, 4.69) is 51.9 Å². The Balaban J connectivity index is 1.81. The fourth-order valence-corrected chi connectivity index (χ4v) is 2.94. The van der Waals surface area contributed by atoms with Gasteiger partial charge in [0.05, 0.1) is 16.7 Å². The molecule has 0 fully saturated rings. The molecule has 3 rings (SSSR count). The van der Waals surface area contributed by atoms with Gasteiger partial charge in [0.25, 0.3) is 0 Å². The first kappa shape index (κ1) is 16.5. The number of fused-ring (bicyclic) bond motifs is 2. The molecule has 2 aromatic carbocycles. The molecule has 0 aliphatic rings. The van der Waals surface area contributed by atoms with Gasteiger partial charge in [0, 0.05) is 38.0 Å². The number of anilines is 1. The van der Waals surface area contributed by atoms with Crippen LogP contribution in [0.15, 0.2) is 48.5 Å². The predicted octanol–water partition coefficient (Wildman–Crippen LogP) is 3.63. The number of aromatic nitrogens is 1. The van der Waals surface area contributed by atoms with Crippen LogP contribution in [0.4, 0.5) is 5.69 Å². The van der Waals surface area contributed by atoms with Gasteiger partial charge in [0.15, 0.2) is 5.11 Å². The number of hydrogen-bond acceptors (Lipinski definition) is 3. The van der Waals surface area contributed by atoms with E-state index < -0.39 is 0 Å². The van der Waals surface area contributed by atoms with Gasteiger partial charge in [-0.3, -0.25) is 0 Å². The molecule has 3 aromatic rings. The van der Waals surface area contributed by atoms with Crippen LogP contribution in [0.5, 0.6) is 0 Å². The molecule has 0 spiro atoms. The number of pyridine rings is 1. The number of thiocarbonyl (C=S) groups is 1. The minimum absolute atomic E-state index is 0.773. The Morgan fingerprint density at radius 1 is 1.04 bits per heavy atom. The van der Waals surface area contributed by atoms with Gasteiger partial charge in [-0.25, -0.2) is 4.98 Å². The normalized spacial score (nSPS) is 10.8. The second kappa shape index (κ2) is 7.45. The average molecular weight is 338 g/mol. The molecule has 1 aromatic heterocycles. The molecule has 0 bridgehead atoms. The molecule has 124 valence electrons. The first-order chi connectivity index (χ1) is 11.7. The highest BCUT2D eigenvalue weighted by molar-refractivity contribution is 7.80. The van der Waals surface area contributed by atoms with Crippen molar-refractivity contribution in [3.05, 3.63) is 48.5 Å². The lowest BCUT2D eigenvalue weighted by Crippen LogP contribution is -2.35. The molecule has 0 aliphatic carbocycles. The van der Waals surface area contributed by atoms with Crippen LogP contribution in [0.25, 0.3) is 21.8 Å². The van der Waals surface area contributed by atoms with Crippen LogP contribution in [0, 0.1) is 0 Å². The van der Waals surface area contributed by atoms with Gasteiger partial charge < -0.3 is 15.5 Å². The number of rotatable bonds is 5. The van der Waals surface area contributed by atoms with E-state index in [1.54, 1.807) is 0 Å². The molecular formula is C19H22N4S. The van der Waals surface area contributed by atoms with E-state index in [0.717, 1.165) is 52.1 Å². The Kier molecular flexibility index (Phi) is 5.11. The van der Waals surface area contributed by atoms with E-state index >= 15 is 0 Å². The van der Waals surface area contributed by atoms with Crippen molar-refractivity contribution in [2.45, 2.75) is 6.42 Å². The Morgan fingerprint density at radius 3 is 2.21 bits per heavy atom. The third-order valence-corrected chi connectivity index (χ3v) is 4.64. The molecule has 0 saturated carbocycles. The van der Waals surface area contributed by atoms with E-state index in [9.17, 15) is 0 Å². The Hall–Kier alpha value is -2.40. The van der Waals surface area contributed by atoms with Crippen LogP contribution in [0.1, 0.15) is 6.42 Å². The number of para-hydroxylation sites is 2. The Morgan fingerprint density at radius 2 is 1.62 bits per heavy atom. The maximum atomic E-state index is 5.23. The molecule has 2 N–H and O–H groups in total. The first-order valence-electron chi connectivity index (χ1n) is 8.15. The smallest absolute Gasteiger partial charge is 0.168 e. The summed E-state index contributed by atoms with van der Waals surface area (Å²) in [5, 5.41) is 9.71. The Bertz CT molecular complexity index is 808. The van der Waals surface area contributed by atoms with Gasteiger partial charge in [0.2, 0.25) is 0 Å². The van der Waals surface area contributed by atoms with E-state index in [-0.39, 0.29) is 0 Å². The van der Waals surface area contributed by atoms with Gasteiger partial charge >= 0.3 is 0 Å². The molecule has 24 heavy (non-hydrogen) atoms. The van der Waals surface area contributed by atoms with Crippen molar-refractivity contribution < 1.29 is 0 Å². The molecule has 1 heterocycles. The quantitative estimate of drug-likeness (QED) is 0.422. The molecule has 0 aliphatic heterocycles. The van der Waals surface area contributed by atoms with Crippen LogP contribution >= 0.6 is 12.2 Å². The summed E-state index contributed by atoms with van der Waals surface area (Å²) in [7, 11) is 3.86. The minimum atomic E-state index is 0.773. The summed E-state index contributed by atoms with van der Waals surface area (Å²) in [6.45, 7) is 1.79. The third-order valence-electron chi connectivity index (χ3n) is 4.12. The van der Waals surface area contributed by atoms with E-state index in [0.29, 0.717) is 0 Å². The van der Waals surface area contributed by atoms with E-state index in [4.69, 9.17) is 17.2 Å². The highest BCUT2D eigenvalue weighted by Crippen LogP contribution is 2.30. The fourth-order valence-electron chi connectivity index (χ4n) is 2.85. The average Bonchev–Trinajstić information content (AvgIpc) is 2.63. The highest BCUT2D eigenvalue weighted by atomic mass is 32.1. The van der Waals surface area contributed by atoms with Gasteiger partial charge in [0.1, 0.15) is 0 Å². The molecule has 0 radical (unpaired) electrons. The summed E-state index contributed by atoms with van der Waals surface area (Å²) in [6.07, 6.45) is 1.00. The lowest BCUT2D eigenvalue weighted by atomic mass is 10.1. The zero-order chi connectivity index (χ0) is 16.9. The third kappa shape index (κ3) is 3.41. The summed E-state index contributed by atoms with van der Waals surface area (Å²) in [6, 6.07) is 16.5. The number of hydrogen-bond donors (Lipinski definition) is 2. The molecular weight excluding hydrogens is 316 g/mol. The van der Waals surface area contributed by atoms with Gasteiger partial charge in [-0.2, -0.15) is 0 Å². The van der Waals surface area contributed by atoms with Gasteiger partial charge in [-0.05, 0) is 30.8 Å². The number of nitrogens with one attached hydrogen (secondary N) is 2. The number of benzene rings is 2. The van der Waals surface area contributed by atoms with Crippen molar-refractivity contribution in [3.63, 3.8) is 0 Å². The van der Waals surface area contributed by atoms with E-state index in [1.807, 2.05) is 26.2 Å². The summed E-state index contributed by atoms with van der Waals surface area (Å²) in [5.74, 6) is 0. The van der Waals surface area contributed by atoms with Crippen LogP contribution in [-0.4, -0.2) is 42.2 Å². The zero-order valence-electron chi connectivity index (χ0n) is 14.0. The summed E-state index contributed by atoms with van der Waals surface area (Å²) in [5.41, 5.74) is 3.20. The standard InChI is InChI=1S/C19H22N4S/c1-20-19(24)23(2)13-7-12-21-18-14-8-3-5-10-16(14)22-17-11-6-4-9-15(17)18/h3-6,8-11H,7,12-13H2,1-2H3,(H,20,24)(H,21,22). The van der Waals surface area contributed by atoms with Crippen LogP contribution in [0.2, 0.25) is 0 Å². The fraction of sp³-hybridized carbons (Fsp3) is 0.263. The predicted molar refractivity (Wildman–Crippen MR) is 107 cm³/mol. The first-order valence-corrected chi connectivity index (χ1v) is 8.55. The zero-order valence-corrected chi connectivity index (χ0v) is 14.9. The van der Waals surface area contributed by atoms with Crippen LogP contribution in [-0.2, 0) is 0 Å². The second-order valence-corrected chi connectivity index (χ2v) is 6.16. The molecule has 5 heteroatoms. The van der Waals surface area contributed by atoms with Crippen molar-refractivity contribution in [1.82, 2.24) is 15.2 Å². The van der Waals surface area contributed by atoms with Gasteiger partial charge in [-0.1, -0.05) is 36.4 Å². The molecule has 4 nitrogen and oxygen atoms in total. The topological polar surface area (TPSA) is 40.2 Å². The SMILES string of the molecule is CNC(=S)N(C)CCCNc1c2ccccc2nc2ccccc12. The van der Waals surface area contributed by atoms with Crippen LogP contribution in [0.3, 0.4) is 0 Å².